The molecule has 0 aliphatic heterocycles. The van der Waals surface area contributed by atoms with E-state index < -0.39 is 17.8 Å². The summed E-state index contributed by atoms with van der Waals surface area (Å²) in [6.45, 7) is -0.298. The van der Waals surface area contributed by atoms with Crippen LogP contribution in [0, 0.1) is 0 Å². The van der Waals surface area contributed by atoms with Crippen molar-refractivity contribution in [2.45, 2.75) is 12.3 Å². The molecule has 1 N–H and O–H groups in total. The molecule has 1 atom stereocenters. The number of benzene rings is 2. The molecule has 0 aliphatic carbocycles. The largest absolute Gasteiger partial charge is 0.490 e. The lowest BCUT2D eigenvalue weighted by Gasteiger charge is -2.18. The first-order valence-electron chi connectivity index (χ1n) is 6.10. The summed E-state index contributed by atoms with van der Waals surface area (Å²) >= 11 is 5.77. The molecule has 0 radical (unpaired) electrons. The molecule has 0 fully saturated rings. The van der Waals surface area contributed by atoms with Gasteiger partial charge in [-0.25, -0.2) is 0 Å². The maximum Gasteiger partial charge on any atom is 0.416 e. The molecular weight excluding hydrogens is 305 g/mol. The summed E-state index contributed by atoms with van der Waals surface area (Å²) < 4.78 is 43.8. The first-order chi connectivity index (χ1) is 9.88. The van der Waals surface area contributed by atoms with Crippen molar-refractivity contribution in [2.24, 2.45) is 0 Å². The lowest BCUT2D eigenvalue weighted by Crippen LogP contribution is -2.16. The fourth-order valence-electron chi connectivity index (χ4n) is 1.87. The van der Waals surface area contributed by atoms with E-state index >= 15 is 0 Å². The van der Waals surface area contributed by atoms with E-state index in [2.05, 4.69) is 0 Å². The molecule has 112 valence electrons. The molecule has 1 unspecified atom stereocenters. The lowest BCUT2D eigenvalue weighted by molar-refractivity contribution is -0.139. The van der Waals surface area contributed by atoms with Gasteiger partial charge in [0.25, 0.3) is 0 Å². The topological polar surface area (TPSA) is 29.5 Å². The molecule has 2 nitrogen and oxygen atoms in total. The Morgan fingerprint density at radius 1 is 1.10 bits per heavy atom. The minimum absolute atomic E-state index is 0.216. The molecule has 0 bridgehead atoms. The average molecular weight is 317 g/mol. The zero-order chi connectivity index (χ0) is 15.5. The van der Waals surface area contributed by atoms with E-state index in [1.807, 2.05) is 0 Å². The summed E-state index contributed by atoms with van der Waals surface area (Å²) in [4.78, 5) is 0. The quantitative estimate of drug-likeness (QED) is 0.901. The van der Waals surface area contributed by atoms with Gasteiger partial charge in [-0.15, -0.1) is 0 Å². The third kappa shape index (κ3) is 4.12. The molecule has 2 aromatic carbocycles. The zero-order valence-electron chi connectivity index (χ0n) is 10.8. The Labute approximate surface area is 124 Å². The fourth-order valence-corrected chi connectivity index (χ4v) is 2.05. The van der Waals surface area contributed by atoms with Gasteiger partial charge in [0.15, 0.2) is 0 Å². The van der Waals surface area contributed by atoms with Crippen LogP contribution < -0.4 is 4.74 Å². The van der Waals surface area contributed by atoms with Gasteiger partial charge in [0.2, 0.25) is 0 Å². The summed E-state index contributed by atoms with van der Waals surface area (Å²) in [6, 6.07) is 11.3. The normalized spacial score (nSPS) is 13.0. The molecule has 0 spiro atoms. The second-order valence-electron chi connectivity index (χ2n) is 4.37. The minimum atomic E-state index is -4.52. The number of ether oxygens (including phenoxy) is 1. The van der Waals surface area contributed by atoms with Crippen LogP contribution >= 0.6 is 11.6 Å². The van der Waals surface area contributed by atoms with Crippen molar-refractivity contribution in [1.29, 1.82) is 0 Å². The smallest absolute Gasteiger partial charge is 0.416 e. The number of aliphatic hydroxyl groups is 1. The Hall–Kier alpha value is -1.72. The minimum Gasteiger partial charge on any atom is -0.490 e. The van der Waals surface area contributed by atoms with Crippen molar-refractivity contribution in [3.63, 3.8) is 0 Å². The molecule has 0 heterocycles. The van der Waals surface area contributed by atoms with Crippen LogP contribution in [0.2, 0.25) is 5.02 Å². The average Bonchev–Trinajstić information content (AvgIpc) is 2.44. The third-order valence-corrected chi connectivity index (χ3v) is 3.06. The highest BCUT2D eigenvalue weighted by molar-refractivity contribution is 6.30. The standard InChI is InChI=1S/C15H12ClF3O2/c16-10-4-3-5-11(8-10)21-9-14(20)12-6-1-2-7-13(12)15(17,18)19/h1-8,14,20H,9H2. The molecular formula is C15H12ClF3O2. The number of hydrogen-bond acceptors (Lipinski definition) is 2. The van der Waals surface area contributed by atoms with Crippen molar-refractivity contribution in [1.82, 2.24) is 0 Å². The summed E-state index contributed by atoms with van der Waals surface area (Å²) in [5.41, 5.74) is -1.08. The van der Waals surface area contributed by atoms with Crippen molar-refractivity contribution in [2.75, 3.05) is 6.61 Å². The number of hydrogen-bond donors (Lipinski definition) is 1. The molecule has 0 amide bonds. The number of aliphatic hydroxyl groups excluding tert-OH is 1. The molecule has 6 heteroatoms. The van der Waals surface area contributed by atoms with Crippen LogP contribution in [0.15, 0.2) is 48.5 Å². The first-order valence-corrected chi connectivity index (χ1v) is 6.48. The van der Waals surface area contributed by atoms with Gasteiger partial charge in [-0.05, 0) is 29.8 Å². The van der Waals surface area contributed by atoms with Gasteiger partial charge in [-0.2, -0.15) is 13.2 Å². The molecule has 0 aromatic heterocycles. The second kappa shape index (κ2) is 6.37. The Morgan fingerprint density at radius 2 is 1.81 bits per heavy atom. The van der Waals surface area contributed by atoms with Crippen molar-refractivity contribution < 1.29 is 23.0 Å². The van der Waals surface area contributed by atoms with Crippen molar-refractivity contribution in [3.8, 4) is 5.75 Å². The molecule has 0 saturated carbocycles. The molecule has 21 heavy (non-hydrogen) atoms. The van der Waals surface area contributed by atoms with Gasteiger partial charge in [-0.3, -0.25) is 0 Å². The number of halogens is 4. The third-order valence-electron chi connectivity index (χ3n) is 2.83. The Kier molecular flexibility index (Phi) is 4.75. The van der Waals surface area contributed by atoms with Crippen LogP contribution in [-0.4, -0.2) is 11.7 Å². The van der Waals surface area contributed by atoms with Gasteiger partial charge in [0, 0.05) is 5.02 Å². The highest BCUT2D eigenvalue weighted by Gasteiger charge is 2.34. The summed E-state index contributed by atoms with van der Waals surface area (Å²) in [5, 5.41) is 10.4. The molecule has 2 rings (SSSR count). The van der Waals surface area contributed by atoms with E-state index in [0.29, 0.717) is 10.8 Å². The van der Waals surface area contributed by atoms with E-state index in [0.717, 1.165) is 6.07 Å². The predicted molar refractivity (Wildman–Crippen MR) is 73.4 cm³/mol. The number of rotatable bonds is 4. The summed E-state index contributed by atoms with van der Waals surface area (Å²) in [5.74, 6) is 0.381. The van der Waals surface area contributed by atoms with Crippen LogP contribution in [0.1, 0.15) is 17.2 Å². The van der Waals surface area contributed by atoms with Gasteiger partial charge in [-0.1, -0.05) is 35.9 Å². The van der Waals surface area contributed by atoms with E-state index in [1.165, 1.54) is 24.3 Å². The van der Waals surface area contributed by atoms with Crippen LogP contribution in [0.4, 0.5) is 13.2 Å². The monoisotopic (exact) mass is 316 g/mol. The Bertz CT molecular complexity index is 614. The highest BCUT2D eigenvalue weighted by Crippen LogP contribution is 2.34. The van der Waals surface area contributed by atoms with Gasteiger partial charge < -0.3 is 9.84 Å². The fraction of sp³-hybridized carbons (Fsp3) is 0.200. The van der Waals surface area contributed by atoms with Crippen LogP contribution in [0.5, 0.6) is 5.75 Å². The van der Waals surface area contributed by atoms with Gasteiger partial charge in [0.1, 0.15) is 18.5 Å². The van der Waals surface area contributed by atoms with E-state index in [-0.39, 0.29) is 12.2 Å². The lowest BCUT2D eigenvalue weighted by atomic mass is 10.0. The number of alkyl halides is 3. The molecule has 0 aliphatic rings. The first kappa shape index (κ1) is 15.7. The Balaban J connectivity index is 2.12. The van der Waals surface area contributed by atoms with Crippen LogP contribution in [0.3, 0.4) is 0 Å². The van der Waals surface area contributed by atoms with Gasteiger partial charge >= 0.3 is 6.18 Å². The van der Waals surface area contributed by atoms with E-state index in [1.54, 1.807) is 18.2 Å². The maximum atomic E-state index is 12.9. The predicted octanol–water partition coefficient (Wildman–Crippen LogP) is 4.47. The maximum absolute atomic E-state index is 12.9. The van der Waals surface area contributed by atoms with E-state index in [4.69, 9.17) is 16.3 Å². The highest BCUT2D eigenvalue weighted by atomic mass is 35.5. The zero-order valence-corrected chi connectivity index (χ0v) is 11.5. The summed E-state index contributed by atoms with van der Waals surface area (Å²) in [6.07, 6.45) is -5.91. The SMILES string of the molecule is OC(COc1cccc(Cl)c1)c1ccccc1C(F)(F)F. The molecule has 0 saturated heterocycles. The van der Waals surface area contributed by atoms with Crippen LogP contribution in [0.25, 0.3) is 0 Å². The van der Waals surface area contributed by atoms with E-state index in [9.17, 15) is 18.3 Å². The second-order valence-corrected chi connectivity index (χ2v) is 4.81. The Morgan fingerprint density at radius 3 is 2.48 bits per heavy atom. The van der Waals surface area contributed by atoms with Crippen LogP contribution in [-0.2, 0) is 6.18 Å². The van der Waals surface area contributed by atoms with Gasteiger partial charge in [0.05, 0.1) is 5.56 Å². The summed E-state index contributed by atoms with van der Waals surface area (Å²) in [7, 11) is 0. The van der Waals surface area contributed by atoms with Crippen molar-refractivity contribution in [3.05, 3.63) is 64.7 Å². The molecule has 2 aromatic rings. The van der Waals surface area contributed by atoms with Crippen molar-refractivity contribution >= 4 is 11.6 Å².